The first-order valence-electron chi connectivity index (χ1n) is 6.46. The van der Waals surface area contributed by atoms with Crippen molar-refractivity contribution in [2.75, 3.05) is 25.6 Å². The van der Waals surface area contributed by atoms with Gasteiger partial charge >= 0.3 is 0 Å². The van der Waals surface area contributed by atoms with Crippen LogP contribution in [0.25, 0.3) is 0 Å². The van der Waals surface area contributed by atoms with Crippen LogP contribution in [0, 0.1) is 6.92 Å². The number of hydrogen-bond donors (Lipinski definition) is 1. The van der Waals surface area contributed by atoms with Gasteiger partial charge in [0, 0.05) is 16.7 Å². The molecule has 2 rings (SSSR count). The second kappa shape index (κ2) is 7.20. The minimum Gasteiger partial charge on any atom is -0.493 e. The Hall–Kier alpha value is -1.68. The average molecular weight is 336 g/mol. The lowest BCUT2D eigenvalue weighted by atomic mass is 10.2. The van der Waals surface area contributed by atoms with Gasteiger partial charge < -0.3 is 14.8 Å². The number of benzene rings is 2. The third-order valence-electron chi connectivity index (χ3n) is 2.87. The largest absolute Gasteiger partial charge is 0.493 e. The Bertz CT molecular complexity index is 572. The highest BCUT2D eigenvalue weighted by molar-refractivity contribution is 9.10. The first-order chi connectivity index (χ1) is 9.70. The van der Waals surface area contributed by atoms with Crippen LogP contribution in [0.5, 0.6) is 11.5 Å². The van der Waals surface area contributed by atoms with Crippen molar-refractivity contribution in [3.8, 4) is 11.5 Å². The number of ether oxygens (including phenoxy) is 2. The molecule has 0 aliphatic rings. The van der Waals surface area contributed by atoms with Crippen molar-refractivity contribution < 1.29 is 9.47 Å². The summed E-state index contributed by atoms with van der Waals surface area (Å²) in [5, 5.41) is 3.32. The maximum Gasteiger partial charge on any atom is 0.161 e. The molecule has 0 heterocycles. The van der Waals surface area contributed by atoms with E-state index in [0.29, 0.717) is 6.61 Å². The number of methoxy groups -OCH3 is 1. The molecule has 0 saturated heterocycles. The van der Waals surface area contributed by atoms with E-state index in [4.69, 9.17) is 9.47 Å². The Labute approximate surface area is 128 Å². The third-order valence-corrected chi connectivity index (χ3v) is 3.56. The van der Waals surface area contributed by atoms with Gasteiger partial charge in [0.2, 0.25) is 0 Å². The topological polar surface area (TPSA) is 30.5 Å². The zero-order chi connectivity index (χ0) is 14.4. The minimum absolute atomic E-state index is 0.570. The Morgan fingerprint density at radius 1 is 1.10 bits per heavy atom. The van der Waals surface area contributed by atoms with E-state index < -0.39 is 0 Å². The Balaban J connectivity index is 1.86. The van der Waals surface area contributed by atoms with Crippen molar-refractivity contribution >= 4 is 21.6 Å². The average Bonchev–Trinajstić information content (AvgIpc) is 2.46. The molecule has 0 atom stereocenters. The summed E-state index contributed by atoms with van der Waals surface area (Å²) >= 11 is 3.50. The molecule has 1 N–H and O–H groups in total. The van der Waals surface area contributed by atoms with Gasteiger partial charge in [-0.05, 0) is 52.7 Å². The van der Waals surface area contributed by atoms with Crippen molar-refractivity contribution in [3.63, 3.8) is 0 Å². The smallest absolute Gasteiger partial charge is 0.161 e. The van der Waals surface area contributed by atoms with Crippen molar-refractivity contribution in [3.05, 3.63) is 52.5 Å². The molecule has 2 aromatic carbocycles. The van der Waals surface area contributed by atoms with Crippen LogP contribution in [0.4, 0.5) is 5.69 Å². The van der Waals surface area contributed by atoms with Gasteiger partial charge in [0.05, 0.1) is 7.11 Å². The maximum absolute atomic E-state index is 5.74. The number of anilines is 1. The number of para-hydroxylation sites is 1. The summed E-state index contributed by atoms with van der Waals surface area (Å²) in [4.78, 5) is 0. The predicted molar refractivity (Wildman–Crippen MR) is 85.9 cm³/mol. The van der Waals surface area contributed by atoms with E-state index in [1.807, 2.05) is 49.4 Å². The molecule has 20 heavy (non-hydrogen) atoms. The van der Waals surface area contributed by atoms with Crippen LogP contribution in [0.2, 0.25) is 0 Å². The zero-order valence-electron chi connectivity index (χ0n) is 11.7. The molecule has 0 fully saturated rings. The third kappa shape index (κ3) is 3.90. The molecule has 0 aliphatic heterocycles. The van der Waals surface area contributed by atoms with E-state index in [9.17, 15) is 0 Å². The molecular weight excluding hydrogens is 318 g/mol. The monoisotopic (exact) mass is 335 g/mol. The first kappa shape index (κ1) is 14.7. The van der Waals surface area contributed by atoms with E-state index in [2.05, 4.69) is 21.2 Å². The number of halogens is 1. The summed E-state index contributed by atoms with van der Waals surface area (Å²) in [6, 6.07) is 13.9. The maximum atomic E-state index is 5.74. The summed E-state index contributed by atoms with van der Waals surface area (Å²) in [5.41, 5.74) is 2.22. The fourth-order valence-corrected chi connectivity index (χ4v) is 2.27. The van der Waals surface area contributed by atoms with Gasteiger partial charge in [-0.1, -0.05) is 18.2 Å². The van der Waals surface area contributed by atoms with Crippen LogP contribution in [0.3, 0.4) is 0 Å². The zero-order valence-corrected chi connectivity index (χ0v) is 13.2. The molecule has 0 aromatic heterocycles. The van der Waals surface area contributed by atoms with Crippen LogP contribution < -0.4 is 14.8 Å². The van der Waals surface area contributed by atoms with Crippen LogP contribution in [0.1, 0.15) is 5.56 Å². The molecule has 2 aromatic rings. The molecule has 0 amide bonds. The summed E-state index contributed by atoms with van der Waals surface area (Å²) in [5.74, 6) is 1.54. The van der Waals surface area contributed by atoms with Crippen molar-refractivity contribution in [2.45, 2.75) is 6.92 Å². The van der Waals surface area contributed by atoms with Crippen LogP contribution >= 0.6 is 15.9 Å². The molecule has 4 heteroatoms. The van der Waals surface area contributed by atoms with E-state index in [1.54, 1.807) is 7.11 Å². The SMILES string of the molecule is COc1cc(C)ccc1OCCNc1ccccc1Br. The van der Waals surface area contributed by atoms with Gasteiger partial charge in [0.15, 0.2) is 11.5 Å². The van der Waals surface area contributed by atoms with Gasteiger partial charge in [-0.15, -0.1) is 0 Å². The van der Waals surface area contributed by atoms with Crippen LogP contribution in [0.15, 0.2) is 46.9 Å². The normalized spacial score (nSPS) is 10.2. The molecule has 0 radical (unpaired) electrons. The fourth-order valence-electron chi connectivity index (χ4n) is 1.85. The second-order valence-corrected chi connectivity index (χ2v) is 5.26. The number of nitrogens with one attached hydrogen (secondary N) is 1. The van der Waals surface area contributed by atoms with Gasteiger partial charge in [-0.2, -0.15) is 0 Å². The Kier molecular flexibility index (Phi) is 5.30. The van der Waals surface area contributed by atoms with Gasteiger partial charge in [-0.3, -0.25) is 0 Å². The summed E-state index contributed by atoms with van der Waals surface area (Å²) in [6.45, 7) is 3.32. The highest BCUT2D eigenvalue weighted by Gasteiger charge is 2.04. The molecule has 106 valence electrons. The lowest BCUT2D eigenvalue weighted by Crippen LogP contribution is -2.12. The fraction of sp³-hybridized carbons (Fsp3) is 0.250. The van der Waals surface area contributed by atoms with E-state index in [-0.39, 0.29) is 0 Å². The van der Waals surface area contributed by atoms with Crippen LogP contribution in [-0.4, -0.2) is 20.3 Å². The molecule has 0 unspecified atom stereocenters. The summed E-state index contributed by atoms with van der Waals surface area (Å²) < 4.78 is 12.1. The Morgan fingerprint density at radius 2 is 1.90 bits per heavy atom. The van der Waals surface area contributed by atoms with Gasteiger partial charge in [0.1, 0.15) is 6.61 Å². The quantitative estimate of drug-likeness (QED) is 0.800. The van der Waals surface area contributed by atoms with Gasteiger partial charge in [0.25, 0.3) is 0 Å². The number of hydrogen-bond acceptors (Lipinski definition) is 3. The second-order valence-electron chi connectivity index (χ2n) is 4.41. The van der Waals surface area contributed by atoms with Gasteiger partial charge in [-0.25, -0.2) is 0 Å². The van der Waals surface area contributed by atoms with Crippen molar-refractivity contribution in [1.82, 2.24) is 0 Å². The van der Waals surface area contributed by atoms with Crippen LogP contribution in [-0.2, 0) is 0 Å². The lowest BCUT2D eigenvalue weighted by Gasteiger charge is -2.12. The van der Waals surface area contributed by atoms with E-state index >= 15 is 0 Å². The molecular formula is C16H18BrNO2. The molecule has 0 spiro atoms. The lowest BCUT2D eigenvalue weighted by molar-refractivity contribution is 0.305. The molecule has 0 aliphatic carbocycles. The number of rotatable bonds is 6. The first-order valence-corrected chi connectivity index (χ1v) is 7.26. The molecule has 0 saturated carbocycles. The van der Waals surface area contributed by atoms with Crippen molar-refractivity contribution in [2.24, 2.45) is 0 Å². The summed E-state index contributed by atoms with van der Waals surface area (Å²) in [7, 11) is 1.65. The predicted octanol–water partition coefficient (Wildman–Crippen LogP) is 4.26. The summed E-state index contributed by atoms with van der Waals surface area (Å²) in [6.07, 6.45) is 0. The Morgan fingerprint density at radius 3 is 2.65 bits per heavy atom. The highest BCUT2D eigenvalue weighted by atomic mass is 79.9. The molecule has 0 bridgehead atoms. The van der Waals surface area contributed by atoms with E-state index in [0.717, 1.165) is 33.8 Å². The van der Waals surface area contributed by atoms with Crippen molar-refractivity contribution in [1.29, 1.82) is 0 Å². The number of aryl methyl sites for hydroxylation is 1. The van der Waals surface area contributed by atoms with E-state index in [1.165, 1.54) is 0 Å². The standard InChI is InChI=1S/C16H18BrNO2/c1-12-7-8-15(16(11-12)19-2)20-10-9-18-14-6-4-3-5-13(14)17/h3-8,11,18H,9-10H2,1-2H3. The molecule has 3 nitrogen and oxygen atoms in total. The highest BCUT2D eigenvalue weighted by Crippen LogP contribution is 2.27. The minimum atomic E-state index is 0.570.